The Balaban J connectivity index is 2.86. The lowest BCUT2D eigenvalue weighted by Gasteiger charge is -2.34. The molecule has 0 fully saturated rings. The molecule has 1 aromatic heterocycles. The van der Waals surface area contributed by atoms with E-state index in [4.69, 9.17) is 10.5 Å². The molecule has 0 aliphatic heterocycles. The van der Waals surface area contributed by atoms with Gasteiger partial charge in [0.15, 0.2) is 0 Å². The predicted octanol–water partition coefficient (Wildman–Crippen LogP) is 3.51. The van der Waals surface area contributed by atoms with E-state index in [0.29, 0.717) is 6.61 Å². The van der Waals surface area contributed by atoms with Gasteiger partial charge in [0.2, 0.25) is 0 Å². The summed E-state index contributed by atoms with van der Waals surface area (Å²) in [6, 6.07) is 2.12. The number of nitrogens with two attached hydrogens (primary N) is 1. The van der Waals surface area contributed by atoms with Crippen molar-refractivity contribution in [2.75, 3.05) is 6.61 Å². The summed E-state index contributed by atoms with van der Waals surface area (Å²) in [7, 11) is 0. The molecular formula is C13H23NOS. The monoisotopic (exact) mass is 241 g/mol. The van der Waals surface area contributed by atoms with Crippen LogP contribution in [0.4, 0.5) is 0 Å². The van der Waals surface area contributed by atoms with Gasteiger partial charge in [-0.05, 0) is 36.3 Å². The number of thiophene rings is 1. The lowest BCUT2D eigenvalue weighted by molar-refractivity contribution is -0.0282. The maximum atomic E-state index is 6.31. The Bertz CT molecular complexity index is 327. The van der Waals surface area contributed by atoms with Crippen LogP contribution >= 0.6 is 11.3 Å². The van der Waals surface area contributed by atoms with Crippen molar-refractivity contribution in [1.29, 1.82) is 0 Å². The summed E-state index contributed by atoms with van der Waals surface area (Å²) >= 11 is 1.74. The number of aryl methyl sites for hydroxylation is 1. The molecule has 3 heteroatoms. The third-order valence-corrected chi connectivity index (χ3v) is 3.54. The summed E-state index contributed by atoms with van der Waals surface area (Å²) in [5.74, 6) is 0. The molecule has 2 atom stereocenters. The van der Waals surface area contributed by atoms with Crippen molar-refractivity contribution in [1.82, 2.24) is 0 Å². The Morgan fingerprint density at radius 3 is 2.44 bits per heavy atom. The minimum Gasteiger partial charge on any atom is -0.376 e. The van der Waals surface area contributed by atoms with Crippen LogP contribution < -0.4 is 5.73 Å². The molecule has 1 aromatic rings. The summed E-state index contributed by atoms with van der Waals surface area (Å²) < 4.78 is 5.81. The molecule has 0 aromatic carbocycles. The Hall–Kier alpha value is -0.380. The van der Waals surface area contributed by atoms with Gasteiger partial charge in [0, 0.05) is 11.5 Å². The van der Waals surface area contributed by atoms with Gasteiger partial charge in [-0.25, -0.2) is 0 Å². The van der Waals surface area contributed by atoms with E-state index in [-0.39, 0.29) is 17.6 Å². The molecule has 0 saturated heterocycles. The Morgan fingerprint density at radius 1 is 1.44 bits per heavy atom. The largest absolute Gasteiger partial charge is 0.376 e. The third-order valence-electron chi connectivity index (χ3n) is 2.66. The fourth-order valence-electron chi connectivity index (χ4n) is 1.89. The van der Waals surface area contributed by atoms with Gasteiger partial charge in [-0.3, -0.25) is 0 Å². The second kappa shape index (κ2) is 5.30. The zero-order valence-corrected chi connectivity index (χ0v) is 11.7. The average molecular weight is 241 g/mol. The molecule has 0 amide bonds. The van der Waals surface area contributed by atoms with E-state index in [2.05, 4.69) is 39.1 Å². The highest BCUT2D eigenvalue weighted by molar-refractivity contribution is 7.10. The Labute approximate surface area is 103 Å². The van der Waals surface area contributed by atoms with Crippen molar-refractivity contribution < 1.29 is 4.74 Å². The van der Waals surface area contributed by atoms with Crippen LogP contribution in [-0.2, 0) is 4.74 Å². The molecule has 92 valence electrons. The van der Waals surface area contributed by atoms with Crippen molar-refractivity contribution in [3.63, 3.8) is 0 Å². The van der Waals surface area contributed by atoms with E-state index in [1.54, 1.807) is 11.3 Å². The van der Waals surface area contributed by atoms with Crippen molar-refractivity contribution in [3.05, 3.63) is 21.9 Å². The van der Waals surface area contributed by atoms with Crippen LogP contribution in [0.5, 0.6) is 0 Å². The number of rotatable bonds is 4. The summed E-state index contributed by atoms with van der Waals surface area (Å²) in [6.45, 7) is 11.3. The first-order chi connectivity index (χ1) is 7.36. The highest BCUT2D eigenvalue weighted by Gasteiger charge is 2.31. The summed E-state index contributed by atoms with van der Waals surface area (Å²) in [5.41, 5.74) is 7.56. The highest BCUT2D eigenvalue weighted by atomic mass is 32.1. The zero-order chi connectivity index (χ0) is 12.3. The van der Waals surface area contributed by atoms with Gasteiger partial charge in [-0.15, -0.1) is 11.3 Å². The molecule has 1 heterocycles. The van der Waals surface area contributed by atoms with Gasteiger partial charge in [0.05, 0.1) is 12.1 Å². The lowest BCUT2D eigenvalue weighted by Crippen LogP contribution is -2.39. The first-order valence-corrected chi connectivity index (χ1v) is 6.66. The van der Waals surface area contributed by atoms with Gasteiger partial charge in [-0.1, -0.05) is 20.8 Å². The molecule has 1 rings (SSSR count). The maximum Gasteiger partial charge on any atom is 0.0815 e. The number of ether oxygens (including phenoxy) is 1. The van der Waals surface area contributed by atoms with Crippen molar-refractivity contribution in [3.8, 4) is 0 Å². The van der Waals surface area contributed by atoms with E-state index in [1.165, 1.54) is 10.4 Å². The maximum absolute atomic E-state index is 6.31. The third kappa shape index (κ3) is 3.30. The molecule has 2 nitrogen and oxygen atoms in total. The molecular weight excluding hydrogens is 218 g/mol. The fraction of sp³-hybridized carbons (Fsp3) is 0.692. The zero-order valence-electron chi connectivity index (χ0n) is 10.9. The van der Waals surface area contributed by atoms with Crippen LogP contribution in [0.25, 0.3) is 0 Å². The summed E-state index contributed by atoms with van der Waals surface area (Å²) in [6.07, 6.45) is 0.0616. The quantitative estimate of drug-likeness (QED) is 0.875. The SMILES string of the molecule is CCOC(C(N)c1csc(C)c1)C(C)(C)C. The topological polar surface area (TPSA) is 35.2 Å². The lowest BCUT2D eigenvalue weighted by atomic mass is 9.83. The van der Waals surface area contributed by atoms with Crippen LogP contribution in [0.3, 0.4) is 0 Å². The highest BCUT2D eigenvalue weighted by Crippen LogP contribution is 2.32. The molecule has 0 radical (unpaired) electrons. The second-order valence-electron chi connectivity index (χ2n) is 5.26. The molecule has 2 unspecified atom stereocenters. The van der Waals surface area contributed by atoms with Gasteiger partial charge >= 0.3 is 0 Å². The Morgan fingerprint density at radius 2 is 2.06 bits per heavy atom. The van der Waals surface area contributed by atoms with Gasteiger partial charge < -0.3 is 10.5 Å². The van der Waals surface area contributed by atoms with Gasteiger partial charge in [0.1, 0.15) is 0 Å². The fourth-order valence-corrected chi connectivity index (χ4v) is 2.64. The number of hydrogen-bond acceptors (Lipinski definition) is 3. The molecule has 0 aliphatic carbocycles. The summed E-state index contributed by atoms with van der Waals surface area (Å²) in [5, 5.41) is 2.14. The van der Waals surface area contributed by atoms with Gasteiger partial charge in [0.25, 0.3) is 0 Å². The van der Waals surface area contributed by atoms with E-state index >= 15 is 0 Å². The first kappa shape index (κ1) is 13.7. The van der Waals surface area contributed by atoms with Crippen LogP contribution in [0.2, 0.25) is 0 Å². The predicted molar refractivity (Wildman–Crippen MR) is 70.9 cm³/mol. The van der Waals surface area contributed by atoms with Crippen LogP contribution in [0.1, 0.15) is 44.2 Å². The minimum atomic E-state index is -0.0371. The normalized spacial score (nSPS) is 16.1. The van der Waals surface area contributed by atoms with Crippen LogP contribution in [0, 0.1) is 12.3 Å². The number of hydrogen-bond donors (Lipinski definition) is 1. The second-order valence-corrected chi connectivity index (χ2v) is 6.37. The Kier molecular flexibility index (Phi) is 4.53. The smallest absolute Gasteiger partial charge is 0.0815 e. The van der Waals surface area contributed by atoms with Crippen molar-refractivity contribution >= 4 is 11.3 Å². The molecule has 2 N–H and O–H groups in total. The van der Waals surface area contributed by atoms with Crippen LogP contribution in [-0.4, -0.2) is 12.7 Å². The molecule has 0 saturated carbocycles. The van der Waals surface area contributed by atoms with E-state index in [1.807, 2.05) is 6.92 Å². The van der Waals surface area contributed by atoms with Gasteiger partial charge in [-0.2, -0.15) is 0 Å². The van der Waals surface area contributed by atoms with E-state index in [9.17, 15) is 0 Å². The molecule has 0 bridgehead atoms. The molecule has 0 spiro atoms. The van der Waals surface area contributed by atoms with Crippen LogP contribution in [0.15, 0.2) is 11.4 Å². The standard InChI is InChI=1S/C13H23NOS/c1-6-15-12(13(3,4)5)11(14)10-7-9(2)16-8-10/h7-8,11-12H,6,14H2,1-5H3. The first-order valence-electron chi connectivity index (χ1n) is 5.78. The van der Waals surface area contributed by atoms with Crippen molar-refractivity contribution in [2.24, 2.45) is 11.1 Å². The minimum absolute atomic E-state index is 0.0371. The van der Waals surface area contributed by atoms with E-state index < -0.39 is 0 Å². The van der Waals surface area contributed by atoms with Crippen molar-refractivity contribution in [2.45, 2.75) is 46.8 Å². The average Bonchev–Trinajstić information content (AvgIpc) is 2.58. The van der Waals surface area contributed by atoms with E-state index in [0.717, 1.165) is 0 Å². The summed E-state index contributed by atoms with van der Waals surface area (Å²) in [4.78, 5) is 1.30. The molecule has 0 aliphatic rings. The molecule has 16 heavy (non-hydrogen) atoms.